The van der Waals surface area contributed by atoms with E-state index in [0.717, 1.165) is 0 Å². The van der Waals surface area contributed by atoms with Gasteiger partial charge in [-0.2, -0.15) is 8.42 Å². The SMILES string of the molecule is O.O.O=S(=O)(O)O[C@H]1[C@H](O[C@H]2[C@H](O)[C@@H](O)[C@H](O)O[C@@H]2CO)O[C@H](CO)[C@H](O)[C@@H]1O.[CaH2]. The van der Waals surface area contributed by atoms with E-state index in [1.54, 1.807) is 0 Å². The third-order valence-corrected chi connectivity index (χ3v) is 4.65. The Balaban J connectivity index is 0. The molecule has 0 radical (unpaired) electrons. The molecule has 30 heavy (non-hydrogen) atoms. The van der Waals surface area contributed by atoms with E-state index >= 15 is 0 Å². The van der Waals surface area contributed by atoms with Crippen molar-refractivity contribution in [1.82, 2.24) is 0 Å². The molecule has 16 nitrogen and oxygen atoms in total. The second kappa shape index (κ2) is 13.4. The Labute approximate surface area is 200 Å². The average molecular weight is 500 g/mol. The first-order chi connectivity index (χ1) is 12.5. The van der Waals surface area contributed by atoms with Crippen molar-refractivity contribution in [2.45, 2.75) is 61.4 Å². The predicted octanol–water partition coefficient (Wildman–Crippen LogP) is -8.14. The zero-order valence-electron chi connectivity index (χ0n) is 14.6. The van der Waals surface area contributed by atoms with Gasteiger partial charge in [-0.15, -0.1) is 0 Å². The van der Waals surface area contributed by atoms with Crippen LogP contribution in [0.1, 0.15) is 0 Å². The number of hydrogen-bond donors (Lipinski definition) is 8. The number of hydrogen-bond acceptors (Lipinski definition) is 13. The molecule has 2 rings (SSSR count). The Hall–Kier alpha value is 0.650. The predicted molar refractivity (Wildman–Crippen MR) is 94.8 cm³/mol. The summed E-state index contributed by atoms with van der Waals surface area (Å²) in [6.07, 6.45) is -17.9. The number of aliphatic hydroxyl groups excluding tert-OH is 7. The van der Waals surface area contributed by atoms with Crippen LogP contribution in [0, 0.1) is 0 Å². The Kier molecular flexibility index (Phi) is 14.6. The van der Waals surface area contributed by atoms with Crippen molar-refractivity contribution < 1.29 is 78.1 Å². The second-order valence-electron chi connectivity index (χ2n) is 6.02. The van der Waals surface area contributed by atoms with Crippen LogP contribution in [0.15, 0.2) is 0 Å². The van der Waals surface area contributed by atoms with E-state index in [2.05, 4.69) is 4.18 Å². The van der Waals surface area contributed by atoms with Gasteiger partial charge in [0.2, 0.25) is 0 Å². The van der Waals surface area contributed by atoms with Gasteiger partial charge in [-0.25, -0.2) is 4.18 Å². The van der Waals surface area contributed by atoms with Crippen LogP contribution < -0.4 is 0 Å². The van der Waals surface area contributed by atoms with E-state index in [1.165, 1.54) is 0 Å². The number of aliphatic hydroxyl groups is 7. The third kappa shape index (κ3) is 7.61. The van der Waals surface area contributed by atoms with E-state index < -0.39 is 85.0 Å². The molecule has 2 saturated heterocycles. The molecule has 18 heteroatoms. The van der Waals surface area contributed by atoms with Crippen LogP contribution >= 0.6 is 0 Å². The molecule has 2 aliphatic heterocycles. The summed E-state index contributed by atoms with van der Waals surface area (Å²) in [7, 11) is -5.16. The third-order valence-electron chi connectivity index (χ3n) is 4.19. The van der Waals surface area contributed by atoms with Crippen molar-refractivity contribution in [1.29, 1.82) is 0 Å². The van der Waals surface area contributed by atoms with Crippen LogP contribution in [0.25, 0.3) is 0 Å². The van der Waals surface area contributed by atoms with Crippen molar-refractivity contribution in [3.8, 4) is 0 Å². The molecule has 180 valence electrons. The molecule has 2 heterocycles. The molecule has 2 fully saturated rings. The summed E-state index contributed by atoms with van der Waals surface area (Å²) in [4.78, 5) is 0. The topological polar surface area (TPSA) is 296 Å². The number of rotatable bonds is 6. The van der Waals surface area contributed by atoms with Crippen LogP contribution in [0.3, 0.4) is 0 Å². The van der Waals surface area contributed by atoms with Crippen LogP contribution in [-0.4, -0.2) is 172 Å². The molecule has 0 saturated carbocycles. The van der Waals surface area contributed by atoms with Gasteiger partial charge in [0.25, 0.3) is 0 Å². The standard InChI is InChI=1S/C12H22O14S.Ca.2H2O.2H/c13-1-3-5(15)6(16)10(26-27(20,21)22)12(24-3)25-9-4(2-14)23-11(19)8(18)7(9)17;;;;;/h3-19H,1-2H2,(H,20,21,22);;2*1H2;;/t3-,4-,5+,6+,7-,8-,9-,10-,11-,12+;;;;;/m1...../s1. The van der Waals surface area contributed by atoms with Crippen molar-refractivity contribution in [3.63, 3.8) is 0 Å². The van der Waals surface area contributed by atoms with Gasteiger partial charge in [0.05, 0.1) is 13.2 Å². The molecule has 10 atom stereocenters. The molecule has 2 aliphatic rings. The fourth-order valence-corrected chi connectivity index (χ4v) is 3.28. The molecule has 12 N–H and O–H groups in total. The number of ether oxygens (including phenoxy) is 3. The zero-order chi connectivity index (χ0) is 20.5. The molecule has 0 aliphatic carbocycles. The summed E-state index contributed by atoms with van der Waals surface area (Å²) in [6, 6.07) is 0. The Bertz CT molecular complexity index is 591. The molecule has 0 aromatic carbocycles. The van der Waals surface area contributed by atoms with Gasteiger partial charge in [0.15, 0.2) is 18.7 Å². The van der Waals surface area contributed by atoms with Gasteiger partial charge in [0, 0.05) is 0 Å². The Morgan fingerprint density at radius 1 is 0.767 bits per heavy atom. The van der Waals surface area contributed by atoms with Gasteiger partial charge in [0.1, 0.15) is 42.7 Å². The summed E-state index contributed by atoms with van der Waals surface area (Å²) in [5.74, 6) is 0. The molecule has 0 amide bonds. The summed E-state index contributed by atoms with van der Waals surface area (Å²) in [6.45, 7) is -1.64. The molecular formula is C12H28CaO16S. The normalized spacial score (nSPS) is 41.7. The van der Waals surface area contributed by atoms with E-state index in [4.69, 9.17) is 18.8 Å². The first-order valence-electron chi connectivity index (χ1n) is 7.74. The summed E-state index contributed by atoms with van der Waals surface area (Å²) >= 11 is 0. The maximum absolute atomic E-state index is 11.0. The molecule has 0 spiro atoms. The molecule has 0 aromatic heterocycles. The zero-order valence-corrected chi connectivity index (χ0v) is 15.4. The van der Waals surface area contributed by atoms with Gasteiger partial charge in [-0.1, -0.05) is 0 Å². The molecule has 0 aromatic rings. The van der Waals surface area contributed by atoms with Crippen LogP contribution in [0.2, 0.25) is 0 Å². The van der Waals surface area contributed by atoms with Crippen LogP contribution in [0.5, 0.6) is 0 Å². The first-order valence-corrected chi connectivity index (χ1v) is 9.10. The van der Waals surface area contributed by atoms with Crippen LogP contribution in [0.4, 0.5) is 0 Å². The second-order valence-corrected chi connectivity index (χ2v) is 7.07. The van der Waals surface area contributed by atoms with Crippen molar-refractivity contribution in [2.24, 2.45) is 0 Å². The summed E-state index contributed by atoms with van der Waals surface area (Å²) in [5.41, 5.74) is 0. The Morgan fingerprint density at radius 3 is 1.73 bits per heavy atom. The minimum atomic E-state index is -5.16. The molecular weight excluding hydrogens is 472 g/mol. The van der Waals surface area contributed by atoms with Gasteiger partial charge in [-0.3, -0.25) is 4.55 Å². The van der Waals surface area contributed by atoms with Crippen molar-refractivity contribution in [2.75, 3.05) is 13.2 Å². The molecule has 0 unspecified atom stereocenters. The fourth-order valence-electron chi connectivity index (χ4n) is 2.80. The van der Waals surface area contributed by atoms with Crippen molar-refractivity contribution in [3.05, 3.63) is 0 Å². The summed E-state index contributed by atoms with van der Waals surface area (Å²) < 4.78 is 50.4. The monoisotopic (exact) mass is 500 g/mol. The van der Waals surface area contributed by atoms with E-state index in [-0.39, 0.29) is 48.7 Å². The molecule has 0 bridgehead atoms. The quantitative estimate of drug-likeness (QED) is 0.124. The van der Waals surface area contributed by atoms with Gasteiger partial charge in [-0.05, 0) is 0 Å². The van der Waals surface area contributed by atoms with Crippen LogP contribution in [-0.2, 0) is 28.8 Å². The van der Waals surface area contributed by atoms with E-state index in [0.29, 0.717) is 0 Å². The van der Waals surface area contributed by atoms with Gasteiger partial charge < -0.3 is 60.9 Å². The fraction of sp³-hybridized carbons (Fsp3) is 1.00. The maximum atomic E-state index is 11.0. The van der Waals surface area contributed by atoms with E-state index in [9.17, 15) is 44.2 Å². The first kappa shape index (κ1) is 32.8. The average Bonchev–Trinajstić information content (AvgIpc) is 2.60. The minimum absolute atomic E-state index is 0. The van der Waals surface area contributed by atoms with Gasteiger partial charge >= 0.3 is 48.1 Å². The summed E-state index contributed by atoms with van der Waals surface area (Å²) in [5, 5.41) is 67.6. The van der Waals surface area contributed by atoms with Crippen molar-refractivity contribution >= 4 is 48.1 Å². The van der Waals surface area contributed by atoms with E-state index in [1.807, 2.05) is 0 Å². The Morgan fingerprint density at radius 2 is 1.27 bits per heavy atom.